The third-order valence-electron chi connectivity index (χ3n) is 24.6. The molecule has 0 unspecified atom stereocenters. The Balaban J connectivity index is 0.000000119. The molecule has 664 valence electrons. The van der Waals surface area contributed by atoms with E-state index in [1.54, 1.807) is 56.7 Å². The van der Waals surface area contributed by atoms with Gasteiger partial charge in [0.2, 0.25) is 0 Å². The molecule has 0 aliphatic heterocycles. The van der Waals surface area contributed by atoms with Crippen LogP contribution in [-0.2, 0) is 63.2 Å². The van der Waals surface area contributed by atoms with Gasteiger partial charge in [0.15, 0.2) is 0 Å². The molecule has 0 aliphatic carbocycles. The third kappa shape index (κ3) is 17.4. The zero-order chi connectivity index (χ0) is 89.9. The van der Waals surface area contributed by atoms with E-state index in [4.69, 9.17) is 15.0 Å². The first-order valence-corrected chi connectivity index (χ1v) is 48.7. The van der Waals surface area contributed by atoms with Gasteiger partial charge in [-0.2, -0.15) is 34.0 Å². The molecule has 0 bridgehead atoms. The van der Waals surface area contributed by atoms with Crippen LogP contribution in [0.2, 0.25) is 0 Å². The Hall–Kier alpha value is -14.6. The van der Waals surface area contributed by atoms with Gasteiger partial charge in [0.1, 0.15) is 10.0 Å². The Bertz CT molecular complexity index is 9100. The topological polar surface area (TPSA) is 118 Å². The molecular weight excluding hydrogens is 2340 g/mol. The fourth-order valence-electron chi connectivity index (χ4n) is 18.2. The zero-order valence-corrected chi connectivity index (χ0v) is 84.1. The first kappa shape index (κ1) is 89.6. The Kier molecular flexibility index (Phi) is 25.2. The van der Waals surface area contributed by atoms with Gasteiger partial charge in [0, 0.05) is 93.0 Å². The van der Waals surface area contributed by atoms with E-state index in [1.807, 2.05) is 108 Å². The average molecular weight is 2410 g/mol. The maximum Gasteiger partial charge on any atom is 2.00 e. The zero-order valence-electron chi connectivity index (χ0n) is 73.2. The molecule has 27 rings (SSSR count). The van der Waals surface area contributed by atoms with E-state index >= 15 is 0 Å². The molecule has 0 N–H and O–H groups in total. The summed E-state index contributed by atoms with van der Waals surface area (Å²) in [7, 11) is 0. The summed E-state index contributed by atoms with van der Waals surface area (Å²) in [5.74, 6) is 0. The predicted molar refractivity (Wildman–Crippen MR) is 565 cm³/mol. The van der Waals surface area contributed by atoms with Crippen LogP contribution in [0.3, 0.4) is 0 Å². The Morgan fingerprint density at radius 3 is 1.18 bits per heavy atom. The number of hydrogen-bond acceptors (Lipinski definition) is 13. The molecule has 11 nitrogen and oxygen atoms in total. The van der Waals surface area contributed by atoms with Gasteiger partial charge in [-0.1, -0.05) is 234 Å². The number of rotatable bonds is 15. The van der Waals surface area contributed by atoms with E-state index in [2.05, 4.69) is 384 Å². The van der Waals surface area contributed by atoms with Crippen LogP contribution < -0.4 is 0 Å². The molecule has 0 saturated carbocycles. The van der Waals surface area contributed by atoms with Gasteiger partial charge in [-0.3, -0.25) is 15.0 Å². The molecule has 139 heavy (non-hydrogen) atoms. The van der Waals surface area contributed by atoms with Crippen LogP contribution in [0, 0.1) is 36.4 Å². The van der Waals surface area contributed by atoms with Crippen molar-refractivity contribution < 1.29 is 63.2 Å². The minimum Gasteiger partial charge on any atom is -0.346 e. The van der Waals surface area contributed by atoms with Crippen molar-refractivity contribution in [2.75, 3.05) is 0 Å². The second-order valence-corrected chi connectivity index (χ2v) is 37.7. The van der Waals surface area contributed by atoms with Crippen LogP contribution in [0.25, 0.3) is 244 Å². The summed E-state index contributed by atoms with van der Waals surface area (Å²) < 4.78 is 10.3. The number of hydrogen-bond donors (Lipinski definition) is 0. The van der Waals surface area contributed by atoms with Crippen LogP contribution >= 0.6 is 56.7 Å². The molecule has 11 heterocycles. The maximum absolute atomic E-state index is 5.01. The van der Waals surface area contributed by atoms with Crippen molar-refractivity contribution in [2.24, 2.45) is 0 Å². The number of para-hydroxylation sites is 3. The summed E-state index contributed by atoms with van der Waals surface area (Å²) >= 11 is 8.35. The first-order valence-electron chi connectivity index (χ1n) is 44.4. The molecule has 19 heteroatoms. The summed E-state index contributed by atoms with van der Waals surface area (Å²) in [6.07, 6.45) is 9.15. The van der Waals surface area contributed by atoms with E-state index in [1.165, 1.54) is 64.7 Å². The molecule has 16 aromatic carbocycles. The normalized spacial score (nSPS) is 11.3. The van der Waals surface area contributed by atoms with E-state index in [9.17, 15) is 0 Å². The predicted octanol–water partition coefficient (Wildman–Crippen LogP) is 32.1. The molecule has 27 aromatic rings. The molecule has 0 saturated heterocycles. The summed E-state index contributed by atoms with van der Waals surface area (Å²) in [4.78, 5) is 37.8. The van der Waals surface area contributed by atoms with Gasteiger partial charge in [0.05, 0.1) is 16.6 Å². The Morgan fingerprint density at radius 1 is 0.216 bits per heavy atom. The van der Waals surface area contributed by atoms with E-state index in [0.29, 0.717) is 0 Å². The summed E-state index contributed by atoms with van der Waals surface area (Å²) in [6, 6.07) is 154. The van der Waals surface area contributed by atoms with E-state index < -0.39 is 0 Å². The van der Waals surface area contributed by atoms with E-state index in [-0.39, 0.29) is 63.2 Å². The van der Waals surface area contributed by atoms with Gasteiger partial charge >= 0.3 is 63.2 Å². The average Bonchev–Trinajstić information content (AvgIpc) is 1.59. The number of pyridine rings is 3. The van der Waals surface area contributed by atoms with Crippen LogP contribution in [-0.4, -0.2) is 53.6 Å². The number of nitrogens with zero attached hydrogens (tertiary/aromatic N) is 11. The van der Waals surface area contributed by atoms with Crippen molar-refractivity contribution in [3.63, 3.8) is 0 Å². The van der Waals surface area contributed by atoms with Crippen molar-refractivity contribution in [1.82, 2.24) is 53.6 Å². The molecular formula is C120H69N11Pt3S5. The van der Waals surface area contributed by atoms with Crippen LogP contribution in [0.15, 0.2) is 418 Å². The van der Waals surface area contributed by atoms with Crippen LogP contribution in [0.4, 0.5) is 0 Å². The smallest absolute Gasteiger partial charge is 0.346 e. The fraction of sp³-hybridized carbons (Fsp3) is 0. The SMILES string of the molecule is [Pt+2].[Pt+2].[Pt+2].[c-]1c(-c2ccccn2)cc(-c2nccs2)cc1-n1c2[c-]c(-c3nc4ccc(-c5nccs5)cc4s3)ccc2c2ccccc21.[c-]1c(-c2ccccn2)cccc1-n1c2[c-]c(-c3nc4ccccc4s3)ccc2c2c(-c3ccc(-c4ccccc4)cc3)cccc21.[c-]1c(-c2ccccn2)cccc1-n1c2[c-]c(-c3nc4ccccc4s3)ccc2c2cc(-c3ccc(-c4ccccc4)cc3)ccc21. The number of fused-ring (bicyclic) bond motifs is 12. The molecule has 0 radical (unpaired) electrons. The van der Waals surface area contributed by atoms with Crippen LogP contribution in [0.1, 0.15) is 0 Å². The third-order valence-corrected chi connectivity index (χ3v) is 29.4. The second-order valence-electron chi connectivity index (χ2n) is 32.8. The molecule has 0 spiro atoms. The van der Waals surface area contributed by atoms with Gasteiger partial charge in [-0.25, -0.2) is 9.97 Å². The van der Waals surface area contributed by atoms with Gasteiger partial charge in [-0.15, -0.1) is 177 Å². The largest absolute Gasteiger partial charge is 2.00 e. The maximum atomic E-state index is 5.01. The van der Waals surface area contributed by atoms with Crippen molar-refractivity contribution in [3.05, 3.63) is 454 Å². The Labute approximate surface area is 863 Å². The van der Waals surface area contributed by atoms with Gasteiger partial charge in [-0.05, 0) is 190 Å². The standard InChI is InChI=1S/2C42H25N3S.C36H19N5S3.3Pt/c1-2-10-28(11-3-1)29-19-21-30(22-20-29)34-14-9-17-38-41(34)35-24-23-32(42-44-37-16-4-5-18-40(37)46-42)27-39(35)45(38)33-13-8-12-31(26-33)36-15-6-7-25-43-36;1-2-9-28(10-3-1)29-16-18-30(19-17-29)31-21-23-39-36(26-31)35-22-20-33(42-44-38-14-4-5-15-41(38)46-42)27-40(35)45(39)34-12-8-11-32(25-34)37-13-6-7-24-43-37;1-2-7-31-27(5-1)28-10-8-22(36-40-30-11-9-23(21-33(30)44-36)34-38-13-15-42-34)20-32(28)41(31)26-18-24(29-6-3-4-12-37-29)17-25(19-26)35-39-14-16-43-35;;;/h1-25H;1-24,26H;1-17,19,21H;;;/q3*-2;3*+2. The van der Waals surface area contributed by atoms with Gasteiger partial charge in [0.25, 0.3) is 0 Å². The molecule has 0 atom stereocenters. The number of benzene rings is 16. The van der Waals surface area contributed by atoms with Gasteiger partial charge < -0.3 is 28.7 Å². The van der Waals surface area contributed by atoms with E-state index in [0.717, 1.165) is 180 Å². The Morgan fingerprint density at radius 2 is 0.633 bits per heavy atom. The molecule has 0 aliphatic rings. The summed E-state index contributed by atoms with van der Waals surface area (Å²) in [6.45, 7) is 0. The summed E-state index contributed by atoms with van der Waals surface area (Å²) in [5, 5.41) is 15.8. The van der Waals surface area contributed by atoms with Crippen LogP contribution in [0.5, 0.6) is 0 Å². The molecule has 0 fully saturated rings. The molecule has 11 aromatic heterocycles. The van der Waals surface area contributed by atoms with Crippen molar-refractivity contribution >= 4 is 153 Å². The quantitative estimate of drug-likeness (QED) is 0.0932. The van der Waals surface area contributed by atoms with Crippen molar-refractivity contribution in [1.29, 1.82) is 0 Å². The fourth-order valence-corrected chi connectivity index (χ4v) is 22.3. The number of aromatic nitrogens is 11. The number of thiazole rings is 5. The monoisotopic (exact) mass is 2410 g/mol. The minimum atomic E-state index is 0. The minimum absolute atomic E-state index is 0. The van der Waals surface area contributed by atoms with Crippen molar-refractivity contribution in [2.45, 2.75) is 0 Å². The molecule has 0 amide bonds. The summed E-state index contributed by atoms with van der Waals surface area (Å²) in [5.41, 5.74) is 32.1. The van der Waals surface area contributed by atoms with Crippen molar-refractivity contribution in [3.8, 4) is 148 Å². The first-order chi connectivity index (χ1) is 67.4. The second kappa shape index (κ2) is 39.1.